The van der Waals surface area contributed by atoms with Crippen LogP contribution in [0.25, 0.3) is 11.3 Å². The standard InChI is InChI=1S/C18H21N3O5/c1-21(15-9-25-10-16(15)22)8-13-6-12(14-7-19-4-5-20-14)2-3-17(13)26-11-18(23)24/h2-7,15-16,22H,8-11H2,1H3,(H,23,24)/t15-,16-/m0/s1. The second kappa shape index (κ2) is 8.22. The second-order valence-electron chi connectivity index (χ2n) is 6.18. The van der Waals surface area contributed by atoms with Crippen LogP contribution in [-0.2, 0) is 16.1 Å². The van der Waals surface area contributed by atoms with Gasteiger partial charge in [-0.15, -0.1) is 0 Å². The van der Waals surface area contributed by atoms with Gasteiger partial charge >= 0.3 is 5.97 Å². The van der Waals surface area contributed by atoms with Gasteiger partial charge in [0.05, 0.1) is 37.3 Å². The lowest BCUT2D eigenvalue weighted by atomic mass is 10.1. The van der Waals surface area contributed by atoms with Gasteiger partial charge in [0.15, 0.2) is 6.61 Å². The number of carboxylic acids is 1. The molecule has 8 heteroatoms. The van der Waals surface area contributed by atoms with E-state index in [1.807, 2.05) is 24.1 Å². The molecular formula is C18H21N3O5. The largest absolute Gasteiger partial charge is 0.482 e. The first-order chi connectivity index (χ1) is 12.5. The highest BCUT2D eigenvalue weighted by atomic mass is 16.5. The molecule has 2 N–H and O–H groups in total. The first-order valence-electron chi connectivity index (χ1n) is 8.24. The molecule has 0 saturated carbocycles. The average Bonchev–Trinajstić information content (AvgIpc) is 3.07. The Morgan fingerprint density at radius 2 is 2.23 bits per heavy atom. The Hall–Kier alpha value is -2.55. The highest BCUT2D eigenvalue weighted by Gasteiger charge is 2.30. The van der Waals surface area contributed by atoms with E-state index < -0.39 is 18.7 Å². The molecule has 0 bridgehead atoms. The number of rotatable bonds is 7. The van der Waals surface area contributed by atoms with E-state index >= 15 is 0 Å². The van der Waals surface area contributed by atoms with Crippen molar-refractivity contribution in [2.75, 3.05) is 26.9 Å². The van der Waals surface area contributed by atoms with Crippen LogP contribution in [0.5, 0.6) is 5.75 Å². The zero-order chi connectivity index (χ0) is 18.5. The first-order valence-corrected chi connectivity index (χ1v) is 8.24. The number of aliphatic hydroxyl groups excluding tert-OH is 1. The number of aliphatic carboxylic acids is 1. The highest BCUT2D eigenvalue weighted by molar-refractivity contribution is 5.69. The molecule has 1 aromatic carbocycles. The Kier molecular flexibility index (Phi) is 5.77. The van der Waals surface area contributed by atoms with Gasteiger partial charge in [-0.3, -0.25) is 14.9 Å². The van der Waals surface area contributed by atoms with Crippen molar-refractivity contribution in [2.45, 2.75) is 18.7 Å². The van der Waals surface area contributed by atoms with Crippen molar-refractivity contribution < 1.29 is 24.5 Å². The number of aromatic nitrogens is 2. The van der Waals surface area contributed by atoms with Gasteiger partial charge in [0, 0.05) is 30.1 Å². The van der Waals surface area contributed by atoms with Crippen LogP contribution < -0.4 is 4.74 Å². The summed E-state index contributed by atoms with van der Waals surface area (Å²) in [4.78, 5) is 21.2. The fraction of sp³-hybridized carbons (Fsp3) is 0.389. The van der Waals surface area contributed by atoms with Crippen molar-refractivity contribution in [1.29, 1.82) is 0 Å². The summed E-state index contributed by atoms with van der Waals surface area (Å²) >= 11 is 0. The summed E-state index contributed by atoms with van der Waals surface area (Å²) in [6.07, 6.45) is 4.33. The number of benzene rings is 1. The molecule has 1 aliphatic heterocycles. The number of aliphatic hydroxyl groups is 1. The molecule has 2 atom stereocenters. The van der Waals surface area contributed by atoms with E-state index in [4.69, 9.17) is 14.6 Å². The molecule has 0 unspecified atom stereocenters. The minimum absolute atomic E-state index is 0.123. The number of carbonyl (C=O) groups is 1. The van der Waals surface area contributed by atoms with E-state index in [0.717, 1.165) is 11.1 Å². The predicted octanol–water partition coefficient (Wildman–Crippen LogP) is 0.798. The maximum Gasteiger partial charge on any atom is 0.341 e. The zero-order valence-corrected chi connectivity index (χ0v) is 14.4. The fourth-order valence-corrected chi connectivity index (χ4v) is 2.93. The molecule has 1 aromatic heterocycles. The Morgan fingerprint density at radius 1 is 1.38 bits per heavy atom. The van der Waals surface area contributed by atoms with Crippen molar-refractivity contribution in [3.63, 3.8) is 0 Å². The van der Waals surface area contributed by atoms with Gasteiger partial charge < -0.3 is 19.7 Å². The lowest BCUT2D eigenvalue weighted by Crippen LogP contribution is -2.40. The predicted molar refractivity (Wildman–Crippen MR) is 92.7 cm³/mol. The van der Waals surface area contributed by atoms with Gasteiger partial charge in [0.2, 0.25) is 0 Å². The van der Waals surface area contributed by atoms with Crippen LogP contribution >= 0.6 is 0 Å². The van der Waals surface area contributed by atoms with Gasteiger partial charge in [-0.1, -0.05) is 0 Å². The van der Waals surface area contributed by atoms with Crippen molar-refractivity contribution in [3.8, 4) is 17.0 Å². The molecule has 3 rings (SSSR count). The van der Waals surface area contributed by atoms with E-state index in [2.05, 4.69) is 9.97 Å². The number of hydrogen-bond donors (Lipinski definition) is 2. The maximum absolute atomic E-state index is 10.8. The van der Waals surface area contributed by atoms with Gasteiger partial charge in [-0.2, -0.15) is 0 Å². The van der Waals surface area contributed by atoms with Crippen molar-refractivity contribution in [2.24, 2.45) is 0 Å². The van der Waals surface area contributed by atoms with Gasteiger partial charge in [-0.25, -0.2) is 4.79 Å². The maximum atomic E-state index is 10.8. The van der Waals surface area contributed by atoms with E-state index in [0.29, 0.717) is 31.2 Å². The SMILES string of the molecule is CN(Cc1cc(-c2cnccn2)ccc1OCC(=O)O)[C@H]1COC[C@@H]1O. The van der Waals surface area contributed by atoms with Crippen LogP contribution in [-0.4, -0.2) is 70.1 Å². The van der Waals surface area contributed by atoms with Crippen molar-refractivity contribution in [1.82, 2.24) is 14.9 Å². The van der Waals surface area contributed by atoms with E-state index in [9.17, 15) is 9.90 Å². The summed E-state index contributed by atoms with van der Waals surface area (Å²) in [7, 11) is 1.89. The van der Waals surface area contributed by atoms with Crippen molar-refractivity contribution >= 4 is 5.97 Å². The zero-order valence-electron chi connectivity index (χ0n) is 14.4. The molecule has 0 amide bonds. The summed E-state index contributed by atoms with van der Waals surface area (Å²) in [6.45, 7) is 0.814. The Morgan fingerprint density at radius 3 is 2.88 bits per heavy atom. The van der Waals surface area contributed by atoms with Gasteiger partial charge in [0.1, 0.15) is 5.75 Å². The van der Waals surface area contributed by atoms with Crippen molar-refractivity contribution in [3.05, 3.63) is 42.4 Å². The van der Waals surface area contributed by atoms with Crippen LogP contribution in [0.3, 0.4) is 0 Å². The minimum Gasteiger partial charge on any atom is -0.482 e. The summed E-state index contributed by atoms with van der Waals surface area (Å²) in [5.74, 6) is -0.554. The molecule has 0 aliphatic carbocycles. The van der Waals surface area contributed by atoms with Crippen LogP contribution in [0, 0.1) is 0 Å². The Balaban J connectivity index is 1.86. The molecule has 0 radical (unpaired) electrons. The number of nitrogens with zero attached hydrogens (tertiary/aromatic N) is 3. The smallest absolute Gasteiger partial charge is 0.341 e. The molecule has 0 spiro atoms. The summed E-state index contributed by atoms with van der Waals surface area (Å²) in [6, 6.07) is 5.33. The third kappa shape index (κ3) is 4.34. The molecule has 1 fully saturated rings. The van der Waals surface area contributed by atoms with Gasteiger partial charge in [0.25, 0.3) is 0 Å². The normalized spacial score (nSPS) is 19.7. The number of hydrogen-bond acceptors (Lipinski definition) is 7. The summed E-state index contributed by atoms with van der Waals surface area (Å²) < 4.78 is 10.7. The molecule has 138 valence electrons. The monoisotopic (exact) mass is 359 g/mol. The van der Waals surface area contributed by atoms with E-state index in [1.54, 1.807) is 24.7 Å². The summed E-state index contributed by atoms with van der Waals surface area (Å²) in [5.41, 5.74) is 2.37. The van der Waals surface area contributed by atoms with E-state index in [-0.39, 0.29) is 6.04 Å². The second-order valence-corrected chi connectivity index (χ2v) is 6.18. The highest BCUT2D eigenvalue weighted by Crippen LogP contribution is 2.27. The van der Waals surface area contributed by atoms with E-state index in [1.165, 1.54) is 0 Å². The topological polar surface area (TPSA) is 105 Å². The third-order valence-electron chi connectivity index (χ3n) is 4.28. The van der Waals surface area contributed by atoms with Crippen LogP contribution in [0.1, 0.15) is 5.56 Å². The number of carboxylic acid groups (broad SMARTS) is 1. The van der Waals surface area contributed by atoms with Gasteiger partial charge in [-0.05, 0) is 25.2 Å². The third-order valence-corrected chi connectivity index (χ3v) is 4.28. The number of ether oxygens (including phenoxy) is 2. The number of likely N-dealkylation sites (N-methyl/N-ethyl adjacent to an activating group) is 1. The van der Waals surface area contributed by atoms with Crippen LogP contribution in [0.2, 0.25) is 0 Å². The molecule has 2 heterocycles. The van der Waals surface area contributed by atoms with Crippen LogP contribution in [0.15, 0.2) is 36.8 Å². The Labute approximate surface area is 151 Å². The molecule has 1 aliphatic rings. The molecule has 1 saturated heterocycles. The first kappa shape index (κ1) is 18.2. The molecule has 2 aromatic rings. The Bertz CT molecular complexity index is 756. The lowest BCUT2D eigenvalue weighted by Gasteiger charge is -2.26. The fourth-order valence-electron chi connectivity index (χ4n) is 2.93. The summed E-state index contributed by atoms with van der Waals surface area (Å²) in [5, 5.41) is 18.9. The lowest BCUT2D eigenvalue weighted by molar-refractivity contribution is -0.139. The average molecular weight is 359 g/mol. The van der Waals surface area contributed by atoms with Crippen LogP contribution in [0.4, 0.5) is 0 Å². The quantitative estimate of drug-likeness (QED) is 0.748. The molecular weight excluding hydrogens is 338 g/mol. The molecule has 26 heavy (non-hydrogen) atoms. The molecule has 8 nitrogen and oxygen atoms in total. The minimum atomic E-state index is -1.04.